The summed E-state index contributed by atoms with van der Waals surface area (Å²) in [6.45, 7) is 3.46. The van der Waals surface area contributed by atoms with Gasteiger partial charge in [-0.3, -0.25) is 9.59 Å². The van der Waals surface area contributed by atoms with Crippen LogP contribution in [0.5, 0.6) is 5.75 Å². The van der Waals surface area contributed by atoms with Crippen LogP contribution >= 0.6 is 0 Å². The molecule has 2 amide bonds. The molecule has 0 heterocycles. The van der Waals surface area contributed by atoms with Gasteiger partial charge in [0.25, 0.3) is 0 Å². The van der Waals surface area contributed by atoms with Gasteiger partial charge in [-0.15, -0.1) is 0 Å². The van der Waals surface area contributed by atoms with Crippen molar-refractivity contribution in [3.8, 4) is 5.75 Å². The first kappa shape index (κ1) is 18.3. The van der Waals surface area contributed by atoms with E-state index in [0.717, 1.165) is 0 Å². The van der Waals surface area contributed by atoms with E-state index in [2.05, 4.69) is 15.4 Å². The Bertz CT molecular complexity index is 816. The van der Waals surface area contributed by atoms with E-state index < -0.39 is 23.8 Å². The van der Waals surface area contributed by atoms with Crippen molar-refractivity contribution in [1.29, 1.82) is 0 Å². The largest absolute Gasteiger partial charge is 0.507 e. The predicted octanol–water partition coefficient (Wildman–Crippen LogP) is 1.80. The van der Waals surface area contributed by atoms with Crippen molar-refractivity contribution in [3.63, 3.8) is 0 Å². The zero-order valence-electron chi connectivity index (χ0n) is 14.2. The SMILES string of the molecule is COC(=O)C(NC(=O)C(=O)Nc1cccc2c(O)cccc12)C(C)C. The maximum absolute atomic E-state index is 12.2. The van der Waals surface area contributed by atoms with E-state index in [4.69, 9.17) is 0 Å². The highest BCUT2D eigenvalue weighted by Gasteiger charge is 2.27. The Morgan fingerprint density at radius 1 is 1.00 bits per heavy atom. The smallest absolute Gasteiger partial charge is 0.328 e. The van der Waals surface area contributed by atoms with Crippen LogP contribution in [0.2, 0.25) is 0 Å². The molecule has 0 aliphatic carbocycles. The van der Waals surface area contributed by atoms with Crippen LogP contribution < -0.4 is 10.6 Å². The summed E-state index contributed by atoms with van der Waals surface area (Å²) in [6.07, 6.45) is 0. The van der Waals surface area contributed by atoms with Gasteiger partial charge in [-0.2, -0.15) is 0 Å². The number of anilines is 1. The second-order valence-corrected chi connectivity index (χ2v) is 5.85. The molecule has 0 radical (unpaired) electrons. The summed E-state index contributed by atoms with van der Waals surface area (Å²) in [7, 11) is 1.21. The van der Waals surface area contributed by atoms with Gasteiger partial charge in [0.1, 0.15) is 11.8 Å². The van der Waals surface area contributed by atoms with Crippen molar-refractivity contribution in [2.24, 2.45) is 5.92 Å². The number of carbonyl (C=O) groups excluding carboxylic acids is 3. The molecule has 0 bridgehead atoms. The molecule has 2 aromatic carbocycles. The molecule has 0 aliphatic heterocycles. The minimum Gasteiger partial charge on any atom is -0.507 e. The van der Waals surface area contributed by atoms with Crippen molar-refractivity contribution in [2.75, 3.05) is 12.4 Å². The van der Waals surface area contributed by atoms with Gasteiger partial charge in [0.15, 0.2) is 0 Å². The first-order valence-electron chi connectivity index (χ1n) is 7.75. The molecule has 0 spiro atoms. The molecule has 25 heavy (non-hydrogen) atoms. The molecule has 2 rings (SSSR count). The fourth-order valence-electron chi connectivity index (χ4n) is 2.41. The number of methoxy groups -OCH3 is 1. The number of phenolic OH excluding ortho intramolecular Hbond substituents is 1. The molecule has 1 unspecified atom stereocenters. The topological polar surface area (TPSA) is 105 Å². The minimum absolute atomic E-state index is 0.0728. The molecule has 0 aliphatic rings. The Kier molecular flexibility index (Phi) is 5.59. The number of ether oxygens (including phenoxy) is 1. The number of benzene rings is 2. The molecule has 0 saturated carbocycles. The lowest BCUT2D eigenvalue weighted by Crippen LogP contribution is -2.48. The van der Waals surface area contributed by atoms with Crippen molar-refractivity contribution in [1.82, 2.24) is 5.32 Å². The Morgan fingerprint density at radius 3 is 2.28 bits per heavy atom. The van der Waals surface area contributed by atoms with Gasteiger partial charge in [-0.25, -0.2) is 4.79 Å². The monoisotopic (exact) mass is 344 g/mol. The lowest BCUT2D eigenvalue weighted by molar-refractivity contribution is -0.147. The molecular formula is C18H20N2O5. The molecule has 7 heteroatoms. The summed E-state index contributed by atoms with van der Waals surface area (Å²) >= 11 is 0. The van der Waals surface area contributed by atoms with Crippen LogP contribution in [0.25, 0.3) is 10.8 Å². The Balaban J connectivity index is 2.18. The van der Waals surface area contributed by atoms with Gasteiger partial charge in [-0.05, 0) is 18.1 Å². The summed E-state index contributed by atoms with van der Waals surface area (Å²) in [5, 5.41) is 15.9. The van der Waals surface area contributed by atoms with Crippen molar-refractivity contribution in [2.45, 2.75) is 19.9 Å². The van der Waals surface area contributed by atoms with Gasteiger partial charge in [0.2, 0.25) is 0 Å². The summed E-state index contributed by atoms with van der Waals surface area (Å²) in [6, 6.07) is 8.94. The molecule has 0 aromatic heterocycles. The number of nitrogens with one attached hydrogen (secondary N) is 2. The van der Waals surface area contributed by atoms with Crippen LogP contribution in [-0.4, -0.2) is 36.0 Å². The van der Waals surface area contributed by atoms with Crippen LogP contribution in [-0.2, 0) is 19.1 Å². The third kappa shape index (κ3) is 4.06. The van der Waals surface area contributed by atoms with Gasteiger partial charge in [-0.1, -0.05) is 38.1 Å². The van der Waals surface area contributed by atoms with Crippen molar-refractivity contribution in [3.05, 3.63) is 36.4 Å². The minimum atomic E-state index is -0.943. The highest BCUT2D eigenvalue weighted by molar-refractivity contribution is 6.40. The van der Waals surface area contributed by atoms with E-state index in [1.165, 1.54) is 13.2 Å². The second-order valence-electron chi connectivity index (χ2n) is 5.85. The summed E-state index contributed by atoms with van der Waals surface area (Å²) < 4.78 is 4.63. The predicted molar refractivity (Wildman–Crippen MR) is 93.0 cm³/mol. The van der Waals surface area contributed by atoms with Crippen LogP contribution in [0.4, 0.5) is 5.69 Å². The molecule has 1 atom stereocenters. The van der Waals surface area contributed by atoms with E-state index in [-0.39, 0.29) is 11.7 Å². The Morgan fingerprint density at radius 2 is 1.64 bits per heavy atom. The zero-order chi connectivity index (χ0) is 18.6. The van der Waals surface area contributed by atoms with E-state index in [9.17, 15) is 19.5 Å². The van der Waals surface area contributed by atoms with Crippen LogP contribution in [0.3, 0.4) is 0 Å². The van der Waals surface area contributed by atoms with Gasteiger partial charge in [0.05, 0.1) is 7.11 Å². The third-order valence-electron chi connectivity index (χ3n) is 3.76. The lowest BCUT2D eigenvalue weighted by atomic mass is 10.0. The zero-order valence-corrected chi connectivity index (χ0v) is 14.2. The number of carbonyl (C=O) groups is 3. The Labute approximate surface area is 145 Å². The van der Waals surface area contributed by atoms with E-state index in [0.29, 0.717) is 16.5 Å². The molecule has 0 saturated heterocycles. The van der Waals surface area contributed by atoms with Gasteiger partial charge >= 0.3 is 17.8 Å². The first-order valence-corrected chi connectivity index (χ1v) is 7.75. The molecule has 2 aromatic rings. The van der Waals surface area contributed by atoms with Crippen molar-refractivity contribution >= 4 is 34.2 Å². The highest BCUT2D eigenvalue weighted by atomic mass is 16.5. The van der Waals surface area contributed by atoms with E-state index in [1.807, 2.05) is 0 Å². The highest BCUT2D eigenvalue weighted by Crippen LogP contribution is 2.29. The number of amides is 2. The first-order chi connectivity index (χ1) is 11.8. The fraction of sp³-hybridized carbons (Fsp3) is 0.278. The Hall–Kier alpha value is -3.09. The quantitative estimate of drug-likeness (QED) is 0.579. The standard InChI is InChI=1S/C18H20N2O5/c1-10(2)15(18(24)25-3)20-17(23)16(22)19-13-8-4-7-12-11(13)6-5-9-14(12)21/h4-10,15,21H,1-3H3,(H,19,22)(H,20,23). The molecular weight excluding hydrogens is 324 g/mol. The second kappa shape index (κ2) is 7.65. The molecule has 132 valence electrons. The molecule has 7 nitrogen and oxygen atoms in total. The number of hydrogen-bond acceptors (Lipinski definition) is 5. The lowest BCUT2D eigenvalue weighted by Gasteiger charge is -2.19. The normalized spacial score (nSPS) is 11.8. The van der Waals surface area contributed by atoms with Gasteiger partial charge < -0.3 is 20.5 Å². The van der Waals surface area contributed by atoms with Crippen molar-refractivity contribution < 1.29 is 24.2 Å². The number of fused-ring (bicyclic) bond motifs is 1. The number of esters is 1. The average molecular weight is 344 g/mol. The van der Waals surface area contributed by atoms with Gasteiger partial charge in [0, 0.05) is 16.5 Å². The average Bonchev–Trinajstić information content (AvgIpc) is 2.59. The summed E-state index contributed by atoms with van der Waals surface area (Å²) in [5.41, 5.74) is 0.382. The maximum atomic E-state index is 12.2. The summed E-state index contributed by atoms with van der Waals surface area (Å²) in [4.78, 5) is 36.0. The van der Waals surface area contributed by atoms with E-state index >= 15 is 0 Å². The van der Waals surface area contributed by atoms with Crippen LogP contribution in [0, 0.1) is 5.92 Å². The number of rotatable bonds is 4. The van der Waals surface area contributed by atoms with Crippen LogP contribution in [0.1, 0.15) is 13.8 Å². The molecule has 0 fully saturated rings. The van der Waals surface area contributed by atoms with E-state index in [1.54, 1.807) is 44.2 Å². The van der Waals surface area contributed by atoms with Crippen LogP contribution in [0.15, 0.2) is 36.4 Å². The number of aromatic hydroxyl groups is 1. The molecule has 3 N–H and O–H groups in total. The third-order valence-corrected chi connectivity index (χ3v) is 3.76. The number of phenols is 1. The fourth-order valence-corrected chi connectivity index (χ4v) is 2.41. The summed E-state index contributed by atoms with van der Waals surface area (Å²) in [5.74, 6) is -2.64. The number of hydrogen-bond donors (Lipinski definition) is 3. The maximum Gasteiger partial charge on any atom is 0.328 e.